The van der Waals surface area contributed by atoms with Crippen molar-refractivity contribution in [1.82, 2.24) is 29.9 Å². The molecule has 204 valence electrons. The molecule has 0 bridgehead atoms. The number of carbonyl (C=O) groups is 1. The standard InChI is InChI=1S/C27H31FN8O3/c1-15-10-35(11-16(2)30-15)23-5-4-20(24-21(23)9-29-27(33-24)39-14-18-6-7-38-13-18)26(37)32-19-8-22(28)25-31-17(3)34-36(25)12-19/h4-5,8-9,12,15-16,18,30H,6-7,10-11,13-14H2,1-3H3,(H,32,37). The molecule has 2 N–H and O–H groups in total. The molecular weight excluding hydrogens is 503 g/mol. The number of nitrogens with zero attached hydrogens (tertiary/aromatic N) is 6. The van der Waals surface area contributed by atoms with Gasteiger partial charge in [-0.05, 0) is 39.3 Å². The number of piperazine rings is 1. The van der Waals surface area contributed by atoms with Gasteiger partial charge in [0.05, 0.1) is 36.2 Å². The van der Waals surface area contributed by atoms with Crippen molar-refractivity contribution in [1.29, 1.82) is 0 Å². The van der Waals surface area contributed by atoms with Crippen LogP contribution in [0.15, 0.2) is 30.6 Å². The fraction of sp³-hybridized carbons (Fsp3) is 0.444. The number of fused-ring (bicyclic) bond motifs is 2. The van der Waals surface area contributed by atoms with Crippen LogP contribution in [0.25, 0.3) is 16.6 Å². The highest BCUT2D eigenvalue weighted by molar-refractivity contribution is 6.13. The number of rotatable bonds is 6. The average molecular weight is 535 g/mol. The molecular formula is C27H31FN8O3. The molecule has 1 amide bonds. The van der Waals surface area contributed by atoms with E-state index >= 15 is 0 Å². The summed E-state index contributed by atoms with van der Waals surface area (Å²) in [5.74, 6) is -0.293. The summed E-state index contributed by atoms with van der Waals surface area (Å²) in [7, 11) is 0. The van der Waals surface area contributed by atoms with Gasteiger partial charge in [0.25, 0.3) is 5.91 Å². The third-order valence-electron chi connectivity index (χ3n) is 7.07. The molecule has 4 aromatic rings. The predicted molar refractivity (Wildman–Crippen MR) is 144 cm³/mol. The van der Waals surface area contributed by atoms with Gasteiger partial charge in [-0.2, -0.15) is 10.1 Å². The maximum atomic E-state index is 14.6. The second-order valence-electron chi connectivity index (χ2n) is 10.4. The van der Waals surface area contributed by atoms with Gasteiger partial charge >= 0.3 is 6.01 Å². The zero-order valence-corrected chi connectivity index (χ0v) is 22.1. The Balaban J connectivity index is 1.36. The van der Waals surface area contributed by atoms with Crippen LogP contribution in [-0.2, 0) is 4.74 Å². The Kier molecular flexibility index (Phi) is 6.73. The molecule has 11 nitrogen and oxygen atoms in total. The van der Waals surface area contributed by atoms with E-state index in [1.807, 2.05) is 6.07 Å². The Bertz CT molecular complexity index is 1530. The summed E-state index contributed by atoms with van der Waals surface area (Å²) in [6.45, 7) is 9.40. The minimum Gasteiger partial charge on any atom is -0.463 e. The molecule has 3 aromatic heterocycles. The number of ether oxygens (including phenoxy) is 2. The lowest BCUT2D eigenvalue weighted by Crippen LogP contribution is -2.54. The van der Waals surface area contributed by atoms with Crippen LogP contribution in [0.3, 0.4) is 0 Å². The van der Waals surface area contributed by atoms with Crippen molar-refractivity contribution in [3.8, 4) is 6.01 Å². The third kappa shape index (κ3) is 5.21. The Labute approximate surface area is 224 Å². The lowest BCUT2D eigenvalue weighted by atomic mass is 10.0. The van der Waals surface area contributed by atoms with Crippen molar-refractivity contribution in [2.75, 3.05) is 43.1 Å². The third-order valence-corrected chi connectivity index (χ3v) is 7.07. The van der Waals surface area contributed by atoms with Crippen LogP contribution in [0, 0.1) is 18.7 Å². The summed E-state index contributed by atoms with van der Waals surface area (Å²) in [5.41, 5.74) is 2.10. The lowest BCUT2D eigenvalue weighted by Gasteiger charge is -2.38. The van der Waals surface area contributed by atoms with E-state index in [-0.39, 0.29) is 23.3 Å². The van der Waals surface area contributed by atoms with Crippen molar-refractivity contribution in [2.24, 2.45) is 5.92 Å². The molecule has 0 spiro atoms. The smallest absolute Gasteiger partial charge is 0.316 e. The van der Waals surface area contributed by atoms with Crippen molar-refractivity contribution < 1.29 is 18.7 Å². The molecule has 3 atom stereocenters. The van der Waals surface area contributed by atoms with Crippen molar-refractivity contribution >= 4 is 33.8 Å². The number of nitrogens with one attached hydrogen (secondary N) is 2. The maximum Gasteiger partial charge on any atom is 0.316 e. The second-order valence-corrected chi connectivity index (χ2v) is 10.4. The number of hydrogen-bond acceptors (Lipinski definition) is 9. The maximum absolute atomic E-state index is 14.6. The molecule has 12 heteroatoms. The second kappa shape index (κ2) is 10.3. The molecule has 3 unspecified atom stereocenters. The largest absolute Gasteiger partial charge is 0.463 e. The number of benzene rings is 1. The highest BCUT2D eigenvalue weighted by Gasteiger charge is 2.25. The Morgan fingerprint density at radius 2 is 2.08 bits per heavy atom. The quantitative estimate of drug-likeness (QED) is 0.385. The summed E-state index contributed by atoms with van der Waals surface area (Å²) in [4.78, 5) is 29.0. The normalized spacial score (nSPS) is 21.5. The number of carbonyl (C=O) groups excluding carboxylic acids is 1. The highest BCUT2D eigenvalue weighted by Crippen LogP contribution is 2.31. The van der Waals surface area contributed by atoms with Gasteiger partial charge in [0, 0.05) is 61.0 Å². The van der Waals surface area contributed by atoms with Crippen LogP contribution in [0.1, 0.15) is 36.5 Å². The first-order valence-electron chi connectivity index (χ1n) is 13.2. The van der Waals surface area contributed by atoms with E-state index in [1.54, 1.807) is 19.2 Å². The van der Waals surface area contributed by atoms with E-state index in [0.29, 0.717) is 42.2 Å². The number of aromatic nitrogens is 5. The highest BCUT2D eigenvalue weighted by atomic mass is 19.1. The van der Waals surface area contributed by atoms with Crippen LogP contribution >= 0.6 is 0 Å². The first-order chi connectivity index (χ1) is 18.8. The Morgan fingerprint density at radius 1 is 1.26 bits per heavy atom. The van der Waals surface area contributed by atoms with E-state index in [2.05, 4.69) is 49.4 Å². The summed E-state index contributed by atoms with van der Waals surface area (Å²) >= 11 is 0. The number of pyridine rings is 1. The number of hydrogen-bond donors (Lipinski definition) is 2. The molecule has 0 saturated carbocycles. The summed E-state index contributed by atoms with van der Waals surface area (Å²) in [6, 6.07) is 5.71. The molecule has 0 radical (unpaired) electrons. The van der Waals surface area contributed by atoms with Gasteiger partial charge in [0.15, 0.2) is 11.5 Å². The van der Waals surface area contributed by atoms with E-state index in [9.17, 15) is 9.18 Å². The van der Waals surface area contributed by atoms with Gasteiger partial charge in [-0.25, -0.2) is 18.9 Å². The Hall–Kier alpha value is -3.90. The van der Waals surface area contributed by atoms with Crippen molar-refractivity contribution in [3.05, 3.63) is 47.8 Å². The van der Waals surface area contributed by atoms with E-state index in [4.69, 9.17) is 9.47 Å². The SMILES string of the molecule is Cc1nc2c(F)cc(NC(=O)c3ccc(N4CC(C)NC(C)C4)c4cnc(OCC5CCOC5)nc34)cn2n1. The van der Waals surface area contributed by atoms with E-state index in [0.717, 1.165) is 37.2 Å². The number of aryl methyl sites for hydroxylation is 1. The lowest BCUT2D eigenvalue weighted by molar-refractivity contribution is 0.102. The van der Waals surface area contributed by atoms with Crippen LogP contribution in [0.2, 0.25) is 0 Å². The minimum absolute atomic E-state index is 0.0991. The zero-order valence-electron chi connectivity index (χ0n) is 22.1. The van der Waals surface area contributed by atoms with E-state index in [1.165, 1.54) is 16.8 Å². The van der Waals surface area contributed by atoms with Gasteiger partial charge < -0.3 is 25.0 Å². The molecule has 1 aromatic carbocycles. The molecule has 5 heterocycles. The number of anilines is 2. The topological polar surface area (TPSA) is 119 Å². The van der Waals surface area contributed by atoms with Gasteiger partial charge in [-0.3, -0.25) is 4.79 Å². The average Bonchev–Trinajstić information content (AvgIpc) is 3.55. The molecule has 6 rings (SSSR count). The summed E-state index contributed by atoms with van der Waals surface area (Å²) in [5, 5.41) is 11.2. The van der Waals surface area contributed by atoms with Gasteiger partial charge in [-0.15, -0.1) is 0 Å². The summed E-state index contributed by atoms with van der Waals surface area (Å²) in [6.07, 6.45) is 4.18. The number of halogens is 1. The van der Waals surface area contributed by atoms with Crippen molar-refractivity contribution in [3.63, 3.8) is 0 Å². The first kappa shape index (κ1) is 25.4. The van der Waals surface area contributed by atoms with Gasteiger partial charge in [0.2, 0.25) is 0 Å². The zero-order chi connectivity index (χ0) is 27.1. The fourth-order valence-corrected chi connectivity index (χ4v) is 5.37. The molecule has 2 aliphatic heterocycles. The van der Waals surface area contributed by atoms with E-state index < -0.39 is 11.7 Å². The molecule has 2 aliphatic rings. The predicted octanol–water partition coefficient (Wildman–Crippen LogP) is 2.97. The monoisotopic (exact) mass is 534 g/mol. The molecule has 39 heavy (non-hydrogen) atoms. The molecule has 0 aliphatic carbocycles. The number of amides is 1. The molecule has 2 fully saturated rings. The van der Waals surface area contributed by atoms with Crippen LogP contribution in [0.4, 0.5) is 15.8 Å². The molecule has 2 saturated heterocycles. The fourth-order valence-electron chi connectivity index (χ4n) is 5.37. The van der Waals surface area contributed by atoms with Crippen LogP contribution in [0.5, 0.6) is 6.01 Å². The van der Waals surface area contributed by atoms with Gasteiger partial charge in [0.1, 0.15) is 5.82 Å². The summed E-state index contributed by atoms with van der Waals surface area (Å²) < 4.78 is 27.3. The van der Waals surface area contributed by atoms with Crippen LogP contribution in [-0.4, -0.2) is 75.5 Å². The van der Waals surface area contributed by atoms with Gasteiger partial charge in [-0.1, -0.05) is 0 Å². The van der Waals surface area contributed by atoms with Crippen LogP contribution < -0.4 is 20.3 Å². The Morgan fingerprint density at radius 3 is 2.85 bits per heavy atom. The first-order valence-corrected chi connectivity index (χ1v) is 13.2. The van der Waals surface area contributed by atoms with Crippen molar-refractivity contribution in [2.45, 2.75) is 39.3 Å². The minimum atomic E-state index is -0.579.